The largest absolute Gasteiger partial charge is 0.480 e. The third-order valence-electron chi connectivity index (χ3n) is 2.05. The van der Waals surface area contributed by atoms with Crippen molar-refractivity contribution in [2.45, 2.75) is 13.0 Å². The van der Waals surface area contributed by atoms with Gasteiger partial charge >= 0.3 is 5.97 Å². The Kier molecular flexibility index (Phi) is 4.90. The second kappa shape index (κ2) is 6.20. The number of carbonyl (C=O) groups excluding carboxylic acids is 1. The summed E-state index contributed by atoms with van der Waals surface area (Å²) in [5, 5.41) is 10.9. The fourth-order valence-electron chi connectivity index (χ4n) is 1.10. The summed E-state index contributed by atoms with van der Waals surface area (Å²) in [6, 6.07) is 6.52. The van der Waals surface area contributed by atoms with E-state index in [9.17, 15) is 9.59 Å². The maximum atomic E-state index is 11.4. The zero-order valence-electron chi connectivity index (χ0n) is 9.18. The highest BCUT2D eigenvalue weighted by atomic mass is 79.9. The van der Waals surface area contributed by atoms with Crippen molar-refractivity contribution < 1.29 is 14.7 Å². The van der Waals surface area contributed by atoms with Gasteiger partial charge in [0.05, 0.1) is 0 Å². The minimum Gasteiger partial charge on any atom is -0.480 e. The lowest BCUT2D eigenvalue weighted by Crippen LogP contribution is -2.37. The highest BCUT2D eigenvalue weighted by Crippen LogP contribution is 2.16. The first kappa shape index (κ1) is 13.4. The number of rotatable bonds is 4. The number of halogens is 1. The van der Waals surface area contributed by atoms with E-state index >= 15 is 0 Å². The molecule has 4 nitrogen and oxygen atoms in total. The van der Waals surface area contributed by atoms with Crippen LogP contribution in [0.3, 0.4) is 0 Å². The monoisotopic (exact) mass is 297 g/mol. The SMILES string of the molecule is CC(NC(=O)/C=C/c1ccccc1Br)C(=O)O. The van der Waals surface area contributed by atoms with Crippen molar-refractivity contribution in [1.29, 1.82) is 0 Å². The predicted octanol–water partition coefficient (Wildman–Crippen LogP) is 2.05. The molecule has 1 aromatic rings. The number of benzene rings is 1. The molecule has 1 rings (SSSR count). The average Bonchev–Trinajstić information content (AvgIpc) is 2.27. The van der Waals surface area contributed by atoms with E-state index in [4.69, 9.17) is 5.11 Å². The lowest BCUT2D eigenvalue weighted by molar-refractivity contribution is -0.140. The molecule has 1 atom stereocenters. The molecule has 0 aliphatic carbocycles. The summed E-state index contributed by atoms with van der Waals surface area (Å²) in [7, 11) is 0. The lowest BCUT2D eigenvalue weighted by atomic mass is 10.2. The molecule has 0 aliphatic heterocycles. The minimum atomic E-state index is -1.06. The first-order valence-corrected chi connectivity index (χ1v) is 5.76. The Morgan fingerprint density at radius 3 is 2.65 bits per heavy atom. The number of carboxylic acids is 1. The molecule has 0 fully saturated rings. The lowest BCUT2D eigenvalue weighted by Gasteiger charge is -2.06. The maximum Gasteiger partial charge on any atom is 0.325 e. The van der Waals surface area contributed by atoms with Crippen LogP contribution in [0.1, 0.15) is 12.5 Å². The van der Waals surface area contributed by atoms with Gasteiger partial charge in [0.15, 0.2) is 0 Å². The van der Waals surface area contributed by atoms with Gasteiger partial charge in [-0.05, 0) is 24.6 Å². The molecule has 0 saturated carbocycles. The molecule has 90 valence electrons. The Hall–Kier alpha value is -1.62. The highest BCUT2D eigenvalue weighted by molar-refractivity contribution is 9.10. The summed E-state index contributed by atoms with van der Waals surface area (Å²) in [5.74, 6) is -1.50. The number of hydrogen-bond donors (Lipinski definition) is 2. The summed E-state index contributed by atoms with van der Waals surface area (Å²) in [6.07, 6.45) is 2.92. The Morgan fingerprint density at radius 1 is 1.41 bits per heavy atom. The molecule has 2 N–H and O–H groups in total. The van der Waals surface area contributed by atoms with Gasteiger partial charge in [-0.3, -0.25) is 9.59 Å². The van der Waals surface area contributed by atoms with Crippen LogP contribution >= 0.6 is 15.9 Å². The van der Waals surface area contributed by atoms with Crippen molar-refractivity contribution in [3.05, 3.63) is 40.4 Å². The summed E-state index contributed by atoms with van der Waals surface area (Å²) in [4.78, 5) is 21.9. The normalized spacial score (nSPS) is 12.4. The molecule has 0 heterocycles. The van der Waals surface area contributed by atoms with E-state index in [0.717, 1.165) is 10.0 Å². The second-order valence-electron chi connectivity index (χ2n) is 3.42. The average molecular weight is 298 g/mol. The second-order valence-corrected chi connectivity index (χ2v) is 4.28. The third kappa shape index (κ3) is 4.40. The van der Waals surface area contributed by atoms with Gasteiger partial charge in [0.25, 0.3) is 0 Å². The number of nitrogens with one attached hydrogen (secondary N) is 1. The molecular formula is C12H12BrNO3. The molecule has 0 bridgehead atoms. The van der Waals surface area contributed by atoms with E-state index in [1.165, 1.54) is 13.0 Å². The standard InChI is InChI=1S/C12H12BrNO3/c1-8(12(16)17)14-11(15)7-6-9-4-2-3-5-10(9)13/h2-8H,1H3,(H,14,15)(H,16,17)/b7-6+. The van der Waals surface area contributed by atoms with Crippen LogP contribution in [0.15, 0.2) is 34.8 Å². The molecule has 0 radical (unpaired) electrons. The fourth-order valence-corrected chi connectivity index (χ4v) is 1.52. The van der Waals surface area contributed by atoms with Gasteiger partial charge in [-0.2, -0.15) is 0 Å². The number of carboxylic acid groups (broad SMARTS) is 1. The number of amides is 1. The smallest absolute Gasteiger partial charge is 0.325 e. The van der Waals surface area contributed by atoms with Gasteiger partial charge in [0, 0.05) is 10.5 Å². The summed E-state index contributed by atoms with van der Waals surface area (Å²) < 4.78 is 0.871. The van der Waals surface area contributed by atoms with E-state index in [1.807, 2.05) is 24.3 Å². The predicted molar refractivity (Wildman–Crippen MR) is 68.4 cm³/mol. The Bertz CT molecular complexity index is 457. The zero-order chi connectivity index (χ0) is 12.8. The number of carbonyl (C=O) groups is 2. The maximum absolute atomic E-state index is 11.4. The molecule has 0 saturated heterocycles. The first-order chi connectivity index (χ1) is 8.00. The van der Waals surface area contributed by atoms with Gasteiger partial charge in [-0.25, -0.2) is 0 Å². The van der Waals surface area contributed by atoms with Crippen molar-refractivity contribution in [3.8, 4) is 0 Å². The van der Waals surface area contributed by atoms with E-state index in [1.54, 1.807) is 6.08 Å². The van der Waals surface area contributed by atoms with Crippen LogP contribution in [0, 0.1) is 0 Å². The van der Waals surface area contributed by atoms with Crippen molar-refractivity contribution in [2.75, 3.05) is 0 Å². The van der Waals surface area contributed by atoms with Crippen molar-refractivity contribution >= 4 is 33.9 Å². The van der Waals surface area contributed by atoms with Gasteiger partial charge in [-0.1, -0.05) is 34.1 Å². The minimum absolute atomic E-state index is 0.435. The Morgan fingerprint density at radius 2 is 2.06 bits per heavy atom. The van der Waals surface area contributed by atoms with Gasteiger partial charge < -0.3 is 10.4 Å². The van der Waals surface area contributed by atoms with Gasteiger partial charge in [0.2, 0.25) is 5.91 Å². The van der Waals surface area contributed by atoms with Crippen molar-refractivity contribution in [1.82, 2.24) is 5.32 Å². The van der Waals surface area contributed by atoms with Crippen LogP contribution in [0.25, 0.3) is 6.08 Å². The van der Waals surface area contributed by atoms with E-state index in [-0.39, 0.29) is 0 Å². The van der Waals surface area contributed by atoms with E-state index in [2.05, 4.69) is 21.2 Å². The Labute approximate surface area is 107 Å². The summed E-state index contributed by atoms with van der Waals surface area (Å²) in [5.41, 5.74) is 0.852. The molecule has 0 aliphatic rings. The Balaban J connectivity index is 2.63. The molecule has 1 aromatic carbocycles. The van der Waals surface area contributed by atoms with Crippen LogP contribution < -0.4 is 5.32 Å². The third-order valence-corrected chi connectivity index (χ3v) is 2.77. The molecule has 17 heavy (non-hydrogen) atoms. The van der Waals surface area contributed by atoms with Crippen LogP contribution in [0.2, 0.25) is 0 Å². The van der Waals surface area contributed by atoms with Crippen LogP contribution in [-0.2, 0) is 9.59 Å². The molecule has 0 spiro atoms. The van der Waals surface area contributed by atoms with Crippen molar-refractivity contribution in [2.24, 2.45) is 0 Å². The van der Waals surface area contributed by atoms with E-state index in [0.29, 0.717) is 0 Å². The van der Waals surface area contributed by atoms with Crippen LogP contribution in [-0.4, -0.2) is 23.0 Å². The summed E-state index contributed by atoms with van der Waals surface area (Å²) in [6.45, 7) is 1.41. The molecule has 5 heteroatoms. The topological polar surface area (TPSA) is 66.4 Å². The molecule has 0 aromatic heterocycles. The van der Waals surface area contributed by atoms with Crippen LogP contribution in [0.5, 0.6) is 0 Å². The zero-order valence-corrected chi connectivity index (χ0v) is 10.8. The number of aliphatic carboxylic acids is 1. The first-order valence-electron chi connectivity index (χ1n) is 4.96. The number of hydrogen-bond acceptors (Lipinski definition) is 2. The highest BCUT2D eigenvalue weighted by Gasteiger charge is 2.11. The van der Waals surface area contributed by atoms with Gasteiger partial charge in [-0.15, -0.1) is 0 Å². The molecular weight excluding hydrogens is 286 g/mol. The molecule has 1 unspecified atom stereocenters. The van der Waals surface area contributed by atoms with Gasteiger partial charge in [0.1, 0.15) is 6.04 Å². The quantitative estimate of drug-likeness (QED) is 0.836. The van der Waals surface area contributed by atoms with Crippen LogP contribution in [0.4, 0.5) is 0 Å². The fraction of sp³-hybridized carbons (Fsp3) is 0.167. The summed E-state index contributed by atoms with van der Waals surface area (Å²) >= 11 is 3.34. The van der Waals surface area contributed by atoms with E-state index < -0.39 is 17.9 Å². The van der Waals surface area contributed by atoms with Crippen molar-refractivity contribution in [3.63, 3.8) is 0 Å². The molecule has 1 amide bonds.